The predicted octanol–water partition coefficient (Wildman–Crippen LogP) is 3.57. The van der Waals surface area contributed by atoms with Crippen molar-refractivity contribution in [2.45, 2.75) is 0 Å². The van der Waals surface area contributed by atoms with E-state index in [4.69, 9.17) is 4.74 Å². The Morgan fingerprint density at radius 1 is 1.14 bits per heavy atom. The number of ether oxygens (including phenoxy) is 1. The molecule has 0 spiro atoms. The molecule has 0 aliphatic carbocycles. The Balaban J connectivity index is 1.98. The van der Waals surface area contributed by atoms with Gasteiger partial charge in [-0.2, -0.15) is 0 Å². The van der Waals surface area contributed by atoms with Crippen molar-refractivity contribution in [2.24, 2.45) is 0 Å². The third-order valence-corrected chi connectivity index (χ3v) is 3.22. The zero-order valence-corrected chi connectivity index (χ0v) is 13.0. The standard InChI is InChI=1S/C18H20N2O2/c1-20(2)16-9-7-15(8-10-16)19-12-11-18(21)14-5-4-6-17(13-14)22-3/h4-13,19H,1-3H3/b12-11+. The van der Waals surface area contributed by atoms with Gasteiger partial charge in [0.05, 0.1) is 7.11 Å². The Bertz CT molecular complexity index is 661. The van der Waals surface area contributed by atoms with Crippen LogP contribution in [-0.2, 0) is 0 Å². The molecular weight excluding hydrogens is 276 g/mol. The fourth-order valence-corrected chi connectivity index (χ4v) is 1.94. The minimum atomic E-state index is -0.0729. The third-order valence-electron chi connectivity index (χ3n) is 3.22. The van der Waals surface area contributed by atoms with Crippen molar-refractivity contribution in [3.8, 4) is 5.75 Å². The van der Waals surface area contributed by atoms with E-state index >= 15 is 0 Å². The van der Waals surface area contributed by atoms with Crippen LogP contribution in [0, 0.1) is 0 Å². The number of rotatable bonds is 6. The van der Waals surface area contributed by atoms with Gasteiger partial charge in [0, 0.05) is 43.3 Å². The van der Waals surface area contributed by atoms with Crippen LogP contribution < -0.4 is 15.0 Å². The predicted molar refractivity (Wildman–Crippen MR) is 90.9 cm³/mol. The van der Waals surface area contributed by atoms with Crippen molar-refractivity contribution in [2.75, 3.05) is 31.4 Å². The molecule has 22 heavy (non-hydrogen) atoms. The van der Waals surface area contributed by atoms with Crippen molar-refractivity contribution in [3.63, 3.8) is 0 Å². The number of carbonyl (C=O) groups is 1. The van der Waals surface area contributed by atoms with Crippen molar-refractivity contribution in [1.82, 2.24) is 0 Å². The van der Waals surface area contributed by atoms with Gasteiger partial charge in [0.25, 0.3) is 0 Å². The molecule has 0 unspecified atom stereocenters. The maximum Gasteiger partial charge on any atom is 0.187 e. The number of nitrogens with zero attached hydrogens (tertiary/aromatic N) is 1. The van der Waals surface area contributed by atoms with E-state index in [2.05, 4.69) is 5.32 Å². The summed E-state index contributed by atoms with van der Waals surface area (Å²) < 4.78 is 5.11. The Labute approximate surface area is 131 Å². The van der Waals surface area contributed by atoms with Crippen molar-refractivity contribution < 1.29 is 9.53 Å². The van der Waals surface area contributed by atoms with E-state index < -0.39 is 0 Å². The fourth-order valence-electron chi connectivity index (χ4n) is 1.94. The SMILES string of the molecule is COc1cccc(C(=O)/C=C/Nc2ccc(N(C)C)cc2)c1. The van der Waals surface area contributed by atoms with E-state index in [1.165, 1.54) is 6.08 Å². The molecule has 0 atom stereocenters. The van der Waals surface area contributed by atoms with Crippen molar-refractivity contribution in [1.29, 1.82) is 0 Å². The van der Waals surface area contributed by atoms with Crippen LogP contribution in [0.1, 0.15) is 10.4 Å². The van der Waals surface area contributed by atoms with E-state index in [-0.39, 0.29) is 5.78 Å². The third kappa shape index (κ3) is 4.12. The highest BCUT2D eigenvalue weighted by molar-refractivity contribution is 6.04. The molecule has 0 saturated carbocycles. The second kappa shape index (κ2) is 7.31. The zero-order chi connectivity index (χ0) is 15.9. The first-order chi connectivity index (χ1) is 10.6. The molecular formula is C18H20N2O2. The van der Waals surface area contributed by atoms with Gasteiger partial charge in [-0.25, -0.2) is 0 Å². The topological polar surface area (TPSA) is 41.6 Å². The average molecular weight is 296 g/mol. The monoisotopic (exact) mass is 296 g/mol. The summed E-state index contributed by atoms with van der Waals surface area (Å²) in [5.74, 6) is 0.600. The first-order valence-electron chi connectivity index (χ1n) is 6.99. The molecule has 0 amide bonds. The number of hydrogen-bond donors (Lipinski definition) is 1. The number of anilines is 2. The van der Waals surface area contributed by atoms with E-state index in [0.29, 0.717) is 11.3 Å². The van der Waals surface area contributed by atoms with Gasteiger partial charge in [0.15, 0.2) is 5.78 Å². The molecule has 0 aliphatic heterocycles. The van der Waals surface area contributed by atoms with Gasteiger partial charge in [0.2, 0.25) is 0 Å². The van der Waals surface area contributed by atoms with E-state index in [1.54, 1.807) is 31.5 Å². The lowest BCUT2D eigenvalue weighted by Crippen LogP contribution is -2.08. The van der Waals surface area contributed by atoms with Crippen LogP contribution in [-0.4, -0.2) is 27.0 Å². The summed E-state index contributed by atoms with van der Waals surface area (Å²) in [6, 6.07) is 15.1. The van der Waals surface area contributed by atoms with Crippen LogP contribution in [0.2, 0.25) is 0 Å². The number of nitrogens with one attached hydrogen (secondary N) is 1. The van der Waals surface area contributed by atoms with E-state index in [9.17, 15) is 4.79 Å². The Hall–Kier alpha value is -2.75. The minimum Gasteiger partial charge on any atom is -0.497 e. The molecule has 2 aromatic carbocycles. The lowest BCUT2D eigenvalue weighted by Gasteiger charge is -2.12. The van der Waals surface area contributed by atoms with Crippen molar-refractivity contribution >= 4 is 17.2 Å². The normalized spacial score (nSPS) is 10.5. The highest BCUT2D eigenvalue weighted by Gasteiger charge is 2.02. The van der Waals surface area contributed by atoms with Gasteiger partial charge in [-0.15, -0.1) is 0 Å². The molecule has 4 heteroatoms. The molecule has 0 saturated heterocycles. The molecule has 1 N–H and O–H groups in total. The number of ketones is 1. The van der Waals surface area contributed by atoms with Crippen LogP contribution in [0.4, 0.5) is 11.4 Å². The van der Waals surface area contributed by atoms with Gasteiger partial charge in [0.1, 0.15) is 5.75 Å². The maximum absolute atomic E-state index is 12.1. The smallest absolute Gasteiger partial charge is 0.187 e. The Morgan fingerprint density at radius 3 is 2.50 bits per heavy atom. The van der Waals surface area contributed by atoms with Gasteiger partial charge >= 0.3 is 0 Å². The van der Waals surface area contributed by atoms with Gasteiger partial charge in [-0.3, -0.25) is 4.79 Å². The number of hydrogen-bond acceptors (Lipinski definition) is 4. The summed E-state index contributed by atoms with van der Waals surface area (Å²) in [6.45, 7) is 0. The summed E-state index contributed by atoms with van der Waals surface area (Å²) in [5.41, 5.74) is 2.66. The van der Waals surface area contributed by atoms with Crippen molar-refractivity contribution in [3.05, 3.63) is 66.4 Å². The molecule has 0 radical (unpaired) electrons. The fraction of sp³-hybridized carbons (Fsp3) is 0.167. The van der Waals surface area contributed by atoms with Crippen LogP contribution in [0.15, 0.2) is 60.8 Å². The number of carbonyl (C=O) groups excluding carboxylic acids is 1. The molecule has 2 aromatic rings. The minimum absolute atomic E-state index is 0.0729. The lowest BCUT2D eigenvalue weighted by molar-refractivity contribution is 0.104. The first kappa shape index (κ1) is 15.6. The highest BCUT2D eigenvalue weighted by atomic mass is 16.5. The summed E-state index contributed by atoms with van der Waals surface area (Å²) in [6.07, 6.45) is 3.15. The number of allylic oxidation sites excluding steroid dienone is 1. The quantitative estimate of drug-likeness (QED) is 0.653. The maximum atomic E-state index is 12.1. The average Bonchev–Trinajstić information content (AvgIpc) is 2.55. The number of benzene rings is 2. The molecule has 0 aromatic heterocycles. The van der Waals surface area contributed by atoms with Gasteiger partial charge in [-0.1, -0.05) is 12.1 Å². The summed E-state index contributed by atoms with van der Waals surface area (Å²) in [7, 11) is 5.57. The molecule has 0 fully saturated rings. The van der Waals surface area contributed by atoms with Gasteiger partial charge < -0.3 is 15.0 Å². The molecule has 0 heterocycles. The highest BCUT2D eigenvalue weighted by Crippen LogP contribution is 2.16. The first-order valence-corrected chi connectivity index (χ1v) is 6.99. The molecule has 114 valence electrons. The summed E-state index contributed by atoms with van der Waals surface area (Å²) in [4.78, 5) is 14.1. The second-order valence-corrected chi connectivity index (χ2v) is 5.02. The zero-order valence-electron chi connectivity index (χ0n) is 13.0. The second-order valence-electron chi connectivity index (χ2n) is 5.02. The number of methoxy groups -OCH3 is 1. The van der Waals surface area contributed by atoms with E-state index in [1.807, 2.05) is 49.3 Å². The molecule has 0 bridgehead atoms. The molecule has 2 rings (SSSR count). The Kier molecular flexibility index (Phi) is 5.20. The van der Waals surface area contributed by atoms with Crippen LogP contribution in [0.5, 0.6) is 5.75 Å². The molecule has 0 aliphatic rings. The largest absolute Gasteiger partial charge is 0.497 e. The molecule has 4 nitrogen and oxygen atoms in total. The van der Waals surface area contributed by atoms with Crippen LogP contribution in [0.25, 0.3) is 0 Å². The van der Waals surface area contributed by atoms with Crippen LogP contribution >= 0.6 is 0 Å². The Morgan fingerprint density at radius 2 is 1.86 bits per heavy atom. The van der Waals surface area contributed by atoms with Crippen LogP contribution in [0.3, 0.4) is 0 Å². The summed E-state index contributed by atoms with van der Waals surface area (Å²) >= 11 is 0. The lowest BCUT2D eigenvalue weighted by atomic mass is 10.1. The van der Waals surface area contributed by atoms with Gasteiger partial charge in [-0.05, 0) is 36.4 Å². The summed E-state index contributed by atoms with van der Waals surface area (Å²) in [5, 5.41) is 3.09. The van der Waals surface area contributed by atoms with E-state index in [0.717, 1.165) is 11.4 Å².